The fourth-order valence-corrected chi connectivity index (χ4v) is 5.13. The summed E-state index contributed by atoms with van der Waals surface area (Å²) in [6.07, 6.45) is 1.70. The summed E-state index contributed by atoms with van der Waals surface area (Å²) in [5.41, 5.74) is 4.02. The Bertz CT molecular complexity index is 1830. The molecule has 174 valence electrons. The lowest BCUT2D eigenvalue weighted by Gasteiger charge is -2.04. The standard InChI is InChI=1S/C29H18N2O4S/c32-27-24(17-22-14-15-23(35-22)20-12-7-13-21(16-20)28(33)34)36-29-30-25(18-8-3-1-4-9-18)26(31(27)29)19-10-5-2-6-11-19/h1-17H,(H,33,34). The molecule has 3 aromatic carbocycles. The third kappa shape index (κ3) is 3.81. The Morgan fingerprint density at radius 3 is 2.28 bits per heavy atom. The number of hydrogen-bond donors (Lipinski definition) is 1. The van der Waals surface area contributed by atoms with E-state index in [0.717, 1.165) is 22.5 Å². The molecule has 0 aliphatic rings. The molecule has 0 saturated heterocycles. The molecule has 6 aromatic rings. The van der Waals surface area contributed by atoms with Gasteiger partial charge in [-0.3, -0.25) is 4.79 Å². The van der Waals surface area contributed by atoms with Gasteiger partial charge in [-0.05, 0) is 24.3 Å². The molecule has 0 spiro atoms. The summed E-state index contributed by atoms with van der Waals surface area (Å²) < 4.78 is 8.09. The Labute approximate surface area is 209 Å². The van der Waals surface area contributed by atoms with E-state index in [-0.39, 0.29) is 11.1 Å². The lowest BCUT2D eigenvalue weighted by molar-refractivity contribution is 0.0697. The maximum absolute atomic E-state index is 13.6. The summed E-state index contributed by atoms with van der Waals surface area (Å²) in [6.45, 7) is 0. The second kappa shape index (κ2) is 8.79. The van der Waals surface area contributed by atoms with Gasteiger partial charge in [0.1, 0.15) is 16.1 Å². The molecule has 6 nitrogen and oxygen atoms in total. The Kier molecular flexibility index (Phi) is 5.32. The molecule has 0 saturated carbocycles. The number of carbonyl (C=O) groups is 1. The minimum absolute atomic E-state index is 0.172. The van der Waals surface area contributed by atoms with Crippen LogP contribution in [-0.2, 0) is 0 Å². The van der Waals surface area contributed by atoms with Gasteiger partial charge < -0.3 is 9.52 Å². The van der Waals surface area contributed by atoms with Crippen LogP contribution in [0.3, 0.4) is 0 Å². The number of imidazole rings is 1. The number of furan rings is 1. The van der Waals surface area contributed by atoms with Crippen molar-refractivity contribution in [2.24, 2.45) is 0 Å². The van der Waals surface area contributed by atoms with Crippen molar-refractivity contribution in [1.29, 1.82) is 0 Å². The van der Waals surface area contributed by atoms with E-state index in [2.05, 4.69) is 0 Å². The quantitative estimate of drug-likeness (QED) is 0.340. The van der Waals surface area contributed by atoms with E-state index in [1.807, 2.05) is 60.7 Å². The molecular formula is C29H18N2O4S. The lowest BCUT2D eigenvalue weighted by atomic mass is 10.1. The smallest absolute Gasteiger partial charge is 0.335 e. The van der Waals surface area contributed by atoms with Crippen LogP contribution in [0, 0.1) is 0 Å². The number of carboxylic acids is 1. The van der Waals surface area contributed by atoms with E-state index < -0.39 is 5.97 Å². The van der Waals surface area contributed by atoms with Gasteiger partial charge in [0, 0.05) is 22.8 Å². The fourth-order valence-electron chi connectivity index (χ4n) is 4.18. The van der Waals surface area contributed by atoms with Gasteiger partial charge in [0.15, 0.2) is 4.96 Å². The van der Waals surface area contributed by atoms with E-state index in [1.54, 1.807) is 40.8 Å². The molecule has 0 amide bonds. The highest BCUT2D eigenvalue weighted by atomic mass is 32.1. The summed E-state index contributed by atoms with van der Waals surface area (Å²) in [5.74, 6) is 0.0172. The minimum Gasteiger partial charge on any atom is -0.478 e. The molecular weight excluding hydrogens is 472 g/mol. The van der Waals surface area contributed by atoms with E-state index in [0.29, 0.717) is 26.6 Å². The monoisotopic (exact) mass is 490 g/mol. The number of carboxylic acid groups (broad SMARTS) is 1. The third-order valence-electron chi connectivity index (χ3n) is 5.85. The maximum atomic E-state index is 13.6. The number of nitrogens with zero attached hydrogens (tertiary/aromatic N) is 2. The van der Waals surface area contributed by atoms with Crippen molar-refractivity contribution < 1.29 is 14.3 Å². The largest absolute Gasteiger partial charge is 0.478 e. The van der Waals surface area contributed by atoms with Crippen LogP contribution in [0.15, 0.2) is 106 Å². The maximum Gasteiger partial charge on any atom is 0.335 e. The van der Waals surface area contributed by atoms with E-state index >= 15 is 0 Å². The molecule has 0 atom stereocenters. The Hall–Kier alpha value is -4.75. The van der Waals surface area contributed by atoms with Gasteiger partial charge in [0.2, 0.25) is 0 Å². The van der Waals surface area contributed by atoms with Crippen LogP contribution in [0.5, 0.6) is 0 Å². The summed E-state index contributed by atoms with van der Waals surface area (Å²) in [6, 6.07) is 29.7. The first kappa shape index (κ1) is 21.8. The van der Waals surface area contributed by atoms with Crippen LogP contribution in [0.4, 0.5) is 0 Å². The van der Waals surface area contributed by atoms with Crippen LogP contribution in [0.25, 0.3) is 44.9 Å². The van der Waals surface area contributed by atoms with Crippen LogP contribution in [-0.4, -0.2) is 20.5 Å². The Morgan fingerprint density at radius 1 is 0.861 bits per heavy atom. The van der Waals surface area contributed by atoms with Gasteiger partial charge in [0.05, 0.1) is 17.0 Å². The SMILES string of the molecule is O=C(O)c1cccc(-c2ccc(C=c3sc4nc(-c5ccccc5)c(-c5ccccc5)n4c3=O)o2)c1. The number of benzene rings is 3. The van der Waals surface area contributed by atoms with Gasteiger partial charge in [-0.2, -0.15) is 0 Å². The number of rotatable bonds is 5. The summed E-state index contributed by atoms with van der Waals surface area (Å²) >= 11 is 1.30. The molecule has 3 heterocycles. The fraction of sp³-hybridized carbons (Fsp3) is 0. The minimum atomic E-state index is -1.00. The van der Waals surface area contributed by atoms with Gasteiger partial charge in [-0.25, -0.2) is 14.2 Å². The van der Waals surface area contributed by atoms with E-state index in [1.165, 1.54) is 17.4 Å². The Balaban J connectivity index is 1.48. The number of hydrogen-bond acceptors (Lipinski definition) is 5. The first-order valence-electron chi connectivity index (χ1n) is 11.2. The van der Waals surface area contributed by atoms with E-state index in [9.17, 15) is 14.7 Å². The molecule has 6 rings (SSSR count). The molecule has 0 fully saturated rings. The summed E-state index contributed by atoms with van der Waals surface area (Å²) in [4.78, 5) is 30.3. The van der Waals surface area contributed by atoms with Crippen LogP contribution >= 0.6 is 11.3 Å². The zero-order chi connectivity index (χ0) is 24.6. The van der Waals surface area contributed by atoms with Gasteiger partial charge in [0.25, 0.3) is 5.56 Å². The van der Waals surface area contributed by atoms with Crippen LogP contribution in [0.2, 0.25) is 0 Å². The van der Waals surface area contributed by atoms with Gasteiger partial charge in [-0.1, -0.05) is 84.1 Å². The van der Waals surface area contributed by atoms with Gasteiger partial charge >= 0.3 is 5.97 Å². The Morgan fingerprint density at radius 2 is 1.56 bits per heavy atom. The average Bonchev–Trinajstić information content (AvgIpc) is 3.61. The molecule has 7 heteroatoms. The van der Waals surface area contributed by atoms with Crippen molar-refractivity contribution in [1.82, 2.24) is 9.38 Å². The topological polar surface area (TPSA) is 84.8 Å². The lowest BCUT2D eigenvalue weighted by Crippen LogP contribution is -2.23. The predicted molar refractivity (Wildman–Crippen MR) is 140 cm³/mol. The molecule has 0 aliphatic heterocycles. The van der Waals surface area contributed by atoms with Gasteiger partial charge in [-0.15, -0.1) is 0 Å². The van der Waals surface area contributed by atoms with Crippen molar-refractivity contribution in [2.45, 2.75) is 0 Å². The first-order chi connectivity index (χ1) is 17.6. The zero-order valence-corrected chi connectivity index (χ0v) is 19.6. The molecule has 36 heavy (non-hydrogen) atoms. The summed E-state index contributed by atoms with van der Waals surface area (Å²) in [5, 5.41) is 9.25. The zero-order valence-electron chi connectivity index (χ0n) is 18.8. The number of aromatic carboxylic acids is 1. The summed E-state index contributed by atoms with van der Waals surface area (Å²) in [7, 11) is 0. The van der Waals surface area contributed by atoms with Crippen LogP contribution in [0.1, 0.15) is 16.1 Å². The van der Waals surface area contributed by atoms with Crippen molar-refractivity contribution >= 4 is 28.3 Å². The predicted octanol–water partition coefficient (Wildman–Crippen LogP) is 5.60. The second-order valence-electron chi connectivity index (χ2n) is 8.16. The highest BCUT2D eigenvalue weighted by Gasteiger charge is 2.20. The average molecular weight is 491 g/mol. The van der Waals surface area contributed by atoms with Crippen molar-refractivity contribution in [3.8, 4) is 33.8 Å². The first-order valence-corrected chi connectivity index (χ1v) is 12.0. The highest BCUT2D eigenvalue weighted by Crippen LogP contribution is 2.32. The number of aromatic nitrogens is 2. The van der Waals surface area contributed by atoms with Crippen LogP contribution < -0.4 is 10.1 Å². The van der Waals surface area contributed by atoms with Crippen molar-refractivity contribution in [3.63, 3.8) is 0 Å². The van der Waals surface area contributed by atoms with E-state index in [4.69, 9.17) is 9.40 Å². The molecule has 3 aromatic heterocycles. The molecule has 0 aliphatic carbocycles. The third-order valence-corrected chi connectivity index (χ3v) is 6.82. The highest BCUT2D eigenvalue weighted by molar-refractivity contribution is 7.15. The molecule has 0 unspecified atom stereocenters. The van der Waals surface area contributed by atoms with Crippen molar-refractivity contribution in [2.75, 3.05) is 0 Å². The number of fused-ring (bicyclic) bond motifs is 1. The molecule has 0 bridgehead atoms. The number of thiazole rings is 1. The van der Waals surface area contributed by atoms with Crippen molar-refractivity contribution in [3.05, 3.63) is 123 Å². The molecule has 0 radical (unpaired) electrons. The normalized spacial score (nSPS) is 11.8. The second-order valence-corrected chi connectivity index (χ2v) is 9.17. The molecule has 1 N–H and O–H groups in total.